The molecule has 0 aliphatic carbocycles. The summed E-state index contributed by atoms with van der Waals surface area (Å²) in [5.41, 5.74) is -1.94. The third kappa shape index (κ3) is 3.41. The Hall–Kier alpha value is -2.64. The summed E-state index contributed by atoms with van der Waals surface area (Å²) in [6.07, 6.45) is 0. The van der Waals surface area contributed by atoms with Crippen LogP contribution in [0, 0.1) is 10.1 Å². The van der Waals surface area contributed by atoms with Crippen molar-refractivity contribution in [3.8, 4) is 0 Å². The molecule has 0 aromatic heterocycles. The van der Waals surface area contributed by atoms with E-state index in [1.807, 2.05) is 0 Å². The monoisotopic (exact) mass is 353 g/mol. The highest BCUT2D eigenvalue weighted by Gasteiger charge is 2.23. The van der Waals surface area contributed by atoms with Gasteiger partial charge in [0.15, 0.2) is 0 Å². The van der Waals surface area contributed by atoms with Gasteiger partial charge in [-0.1, -0.05) is 35.3 Å². The molecule has 0 saturated heterocycles. The number of aromatic carboxylic acids is 1. The molecule has 0 fully saturated rings. The highest BCUT2D eigenvalue weighted by atomic mass is 35.5. The highest BCUT2D eigenvalue weighted by molar-refractivity contribution is 6.40. The van der Waals surface area contributed by atoms with Crippen LogP contribution in [-0.4, -0.2) is 16.8 Å². The van der Waals surface area contributed by atoms with Gasteiger partial charge in [0.05, 0.1) is 37.8 Å². The molecule has 2 aromatic rings. The average Bonchev–Trinajstić information content (AvgIpc) is 2.49. The molecule has 1 amide bonds. The molecule has 0 aliphatic rings. The van der Waals surface area contributed by atoms with Crippen molar-refractivity contribution < 1.29 is 19.6 Å². The van der Waals surface area contributed by atoms with Crippen LogP contribution in [0.3, 0.4) is 0 Å². The van der Waals surface area contributed by atoms with E-state index in [4.69, 9.17) is 23.2 Å². The van der Waals surface area contributed by atoms with E-state index in [9.17, 15) is 24.8 Å². The molecule has 23 heavy (non-hydrogen) atoms. The summed E-state index contributed by atoms with van der Waals surface area (Å²) >= 11 is 11.8. The molecule has 0 radical (unpaired) electrons. The highest BCUT2D eigenvalue weighted by Crippen LogP contribution is 2.31. The fourth-order valence-corrected chi connectivity index (χ4v) is 2.39. The Morgan fingerprint density at radius 3 is 2.13 bits per heavy atom. The second-order valence-electron chi connectivity index (χ2n) is 4.30. The molecule has 7 nitrogen and oxygen atoms in total. The Balaban J connectivity index is 2.50. The first kappa shape index (κ1) is 16.7. The van der Waals surface area contributed by atoms with Crippen molar-refractivity contribution in [3.05, 3.63) is 67.7 Å². The lowest BCUT2D eigenvalue weighted by atomic mass is 10.0. The third-order valence-corrected chi connectivity index (χ3v) is 3.52. The molecule has 2 rings (SSSR count). The van der Waals surface area contributed by atoms with Gasteiger partial charge >= 0.3 is 0 Å². The smallest absolute Gasteiger partial charge is 0.279 e. The topological polar surface area (TPSA) is 112 Å². The standard InChI is InChI=1S/C14H8Cl2N2O5/c15-8-4-2-5-9(16)12(8)17-13(19)7-3-1-6-10(18(22)23)11(7)14(20)21/h1-6H,(H,17,19)(H,20,21)/p-1. The quantitative estimate of drug-likeness (QED) is 0.670. The Morgan fingerprint density at radius 2 is 1.61 bits per heavy atom. The fraction of sp³-hybridized carbons (Fsp3) is 0. The summed E-state index contributed by atoms with van der Waals surface area (Å²) in [6.45, 7) is 0. The largest absolute Gasteiger partial charge is 0.545 e. The van der Waals surface area contributed by atoms with Crippen molar-refractivity contribution in [2.45, 2.75) is 0 Å². The minimum absolute atomic E-state index is 0.0663. The number of anilines is 1. The maximum atomic E-state index is 12.3. The number of halogens is 2. The number of para-hydroxylation sites is 1. The van der Waals surface area contributed by atoms with Crippen LogP contribution in [0.15, 0.2) is 36.4 Å². The summed E-state index contributed by atoms with van der Waals surface area (Å²) in [6, 6.07) is 7.77. The minimum atomic E-state index is -1.84. The van der Waals surface area contributed by atoms with E-state index in [2.05, 4.69) is 5.32 Å². The molecule has 1 N–H and O–H groups in total. The van der Waals surface area contributed by atoms with Crippen LogP contribution in [0.1, 0.15) is 20.7 Å². The van der Waals surface area contributed by atoms with Crippen LogP contribution in [0.4, 0.5) is 11.4 Å². The molecule has 0 bridgehead atoms. The van der Waals surface area contributed by atoms with Gasteiger partial charge in [-0.3, -0.25) is 14.9 Å². The average molecular weight is 354 g/mol. The van der Waals surface area contributed by atoms with E-state index in [1.54, 1.807) is 6.07 Å². The van der Waals surface area contributed by atoms with E-state index >= 15 is 0 Å². The molecule has 0 heterocycles. The molecule has 9 heteroatoms. The van der Waals surface area contributed by atoms with Gasteiger partial charge in [0.1, 0.15) is 0 Å². The molecule has 0 unspecified atom stereocenters. The van der Waals surface area contributed by atoms with Gasteiger partial charge in [0.25, 0.3) is 11.6 Å². The predicted octanol–water partition coefficient (Wildman–Crippen LogP) is 2.52. The van der Waals surface area contributed by atoms with Crippen molar-refractivity contribution in [2.24, 2.45) is 0 Å². The number of carboxylic acids is 1. The first-order valence-corrected chi connectivity index (χ1v) is 6.82. The summed E-state index contributed by atoms with van der Waals surface area (Å²) in [5.74, 6) is -2.75. The second-order valence-corrected chi connectivity index (χ2v) is 5.11. The van der Waals surface area contributed by atoms with Crippen molar-refractivity contribution >= 4 is 46.5 Å². The van der Waals surface area contributed by atoms with Gasteiger partial charge in [-0.25, -0.2) is 0 Å². The number of carboxylic acid groups (broad SMARTS) is 1. The maximum absolute atomic E-state index is 12.3. The number of carbonyl (C=O) groups excluding carboxylic acids is 2. The van der Waals surface area contributed by atoms with E-state index in [0.29, 0.717) is 0 Å². The number of nitrogens with zero attached hydrogens (tertiary/aromatic N) is 1. The molecule has 0 saturated carbocycles. The van der Waals surface area contributed by atoms with Crippen molar-refractivity contribution in [2.75, 3.05) is 5.32 Å². The minimum Gasteiger partial charge on any atom is -0.545 e. The van der Waals surface area contributed by atoms with Gasteiger partial charge in [-0.05, 0) is 18.2 Å². The number of benzene rings is 2. The number of carbonyl (C=O) groups is 2. The van der Waals surface area contributed by atoms with E-state index in [1.165, 1.54) is 18.2 Å². The number of hydrogen-bond acceptors (Lipinski definition) is 5. The Morgan fingerprint density at radius 1 is 1.04 bits per heavy atom. The number of nitro benzene ring substituents is 1. The van der Waals surface area contributed by atoms with Gasteiger partial charge in [-0.15, -0.1) is 0 Å². The molecular weight excluding hydrogens is 347 g/mol. The molecule has 0 spiro atoms. The molecule has 2 aromatic carbocycles. The SMILES string of the molecule is O=C(Nc1c(Cl)cccc1Cl)c1cccc([N+](=O)[O-])c1C(=O)[O-]. The maximum Gasteiger partial charge on any atom is 0.279 e. The zero-order valence-electron chi connectivity index (χ0n) is 11.2. The number of rotatable bonds is 4. The van der Waals surface area contributed by atoms with Crippen molar-refractivity contribution in [1.29, 1.82) is 0 Å². The Bertz CT molecular complexity index is 803. The normalized spacial score (nSPS) is 10.2. The molecule has 0 aliphatic heterocycles. The summed E-state index contributed by atoms with van der Waals surface area (Å²) in [7, 11) is 0. The Labute approximate surface area is 139 Å². The van der Waals surface area contributed by atoms with Gasteiger partial charge < -0.3 is 15.2 Å². The van der Waals surface area contributed by atoms with E-state index in [-0.39, 0.29) is 15.7 Å². The van der Waals surface area contributed by atoms with Gasteiger partial charge in [-0.2, -0.15) is 0 Å². The van der Waals surface area contributed by atoms with Crippen molar-refractivity contribution in [3.63, 3.8) is 0 Å². The molecular formula is C14H7Cl2N2O5-. The Kier molecular flexibility index (Phi) is 4.83. The lowest BCUT2D eigenvalue weighted by Crippen LogP contribution is -2.27. The summed E-state index contributed by atoms with van der Waals surface area (Å²) in [4.78, 5) is 33.5. The van der Waals surface area contributed by atoms with Crippen LogP contribution in [0.5, 0.6) is 0 Å². The predicted molar refractivity (Wildman–Crippen MR) is 81.8 cm³/mol. The third-order valence-electron chi connectivity index (χ3n) is 2.89. The van der Waals surface area contributed by atoms with E-state index in [0.717, 1.165) is 12.1 Å². The first-order chi connectivity index (χ1) is 10.8. The zero-order valence-corrected chi connectivity index (χ0v) is 12.7. The summed E-state index contributed by atoms with van der Waals surface area (Å²) in [5, 5.41) is 24.7. The van der Waals surface area contributed by atoms with Crippen LogP contribution >= 0.6 is 23.2 Å². The lowest BCUT2D eigenvalue weighted by molar-refractivity contribution is -0.385. The molecule has 0 atom stereocenters. The van der Waals surface area contributed by atoms with E-state index < -0.39 is 33.6 Å². The van der Waals surface area contributed by atoms with Crippen LogP contribution < -0.4 is 10.4 Å². The zero-order chi connectivity index (χ0) is 17.1. The summed E-state index contributed by atoms with van der Waals surface area (Å²) < 4.78 is 0. The number of nitro groups is 1. The van der Waals surface area contributed by atoms with Crippen LogP contribution in [0.25, 0.3) is 0 Å². The lowest BCUT2D eigenvalue weighted by Gasteiger charge is -2.13. The first-order valence-electron chi connectivity index (χ1n) is 6.07. The number of nitrogens with one attached hydrogen (secondary N) is 1. The van der Waals surface area contributed by atoms with Crippen LogP contribution in [0.2, 0.25) is 10.0 Å². The van der Waals surface area contributed by atoms with Gasteiger partial charge in [0, 0.05) is 6.07 Å². The number of hydrogen-bond donors (Lipinski definition) is 1. The van der Waals surface area contributed by atoms with Crippen molar-refractivity contribution in [1.82, 2.24) is 0 Å². The number of amides is 1. The fourth-order valence-electron chi connectivity index (χ4n) is 1.89. The molecule has 118 valence electrons. The van der Waals surface area contributed by atoms with Gasteiger partial charge in [0.2, 0.25) is 0 Å². The van der Waals surface area contributed by atoms with Crippen LogP contribution in [-0.2, 0) is 0 Å². The second kappa shape index (κ2) is 6.64.